The van der Waals surface area contributed by atoms with Crippen molar-refractivity contribution in [2.24, 2.45) is 11.7 Å². The van der Waals surface area contributed by atoms with Crippen molar-refractivity contribution < 1.29 is 32.3 Å². The van der Waals surface area contributed by atoms with Crippen LogP contribution in [0.5, 0.6) is 0 Å². The predicted molar refractivity (Wildman–Crippen MR) is 99.1 cm³/mol. The van der Waals surface area contributed by atoms with Crippen LogP contribution in [0.2, 0.25) is 0 Å². The summed E-state index contributed by atoms with van der Waals surface area (Å²) in [7, 11) is 0. The molecule has 1 aromatic rings. The van der Waals surface area contributed by atoms with E-state index < -0.39 is 47.1 Å². The molecule has 1 aliphatic heterocycles. The molecule has 4 N–H and O–H groups in total. The number of nitrogens with two attached hydrogens (primary N) is 1. The first-order valence-corrected chi connectivity index (χ1v) is 8.95. The summed E-state index contributed by atoms with van der Waals surface area (Å²) in [5.41, 5.74) is 3.92. The number of benzene rings is 1. The molecule has 8 nitrogen and oxygen atoms in total. The highest BCUT2D eigenvalue weighted by atomic mass is 19.4. The molecule has 0 aliphatic carbocycles. The molecule has 1 fully saturated rings. The van der Waals surface area contributed by atoms with E-state index >= 15 is 0 Å². The number of ether oxygens (including phenoxy) is 1. The second kappa shape index (κ2) is 9.23. The minimum atomic E-state index is -4.78. The Morgan fingerprint density at radius 2 is 1.97 bits per heavy atom. The lowest BCUT2D eigenvalue weighted by Gasteiger charge is -2.28. The van der Waals surface area contributed by atoms with E-state index in [4.69, 9.17) is 10.5 Å². The summed E-state index contributed by atoms with van der Waals surface area (Å²) in [6.45, 7) is 3.04. The monoisotopic (exact) mass is 416 g/mol. The summed E-state index contributed by atoms with van der Waals surface area (Å²) in [6.07, 6.45) is -4.78. The van der Waals surface area contributed by atoms with Crippen molar-refractivity contribution in [3.63, 3.8) is 0 Å². The van der Waals surface area contributed by atoms with E-state index in [0.29, 0.717) is 0 Å². The van der Waals surface area contributed by atoms with Crippen LogP contribution in [0.15, 0.2) is 18.2 Å². The van der Waals surface area contributed by atoms with Crippen molar-refractivity contribution in [2.45, 2.75) is 26.1 Å². The number of alkyl halides is 3. The molecule has 0 aromatic heterocycles. The number of nitrogens with zero attached hydrogens (tertiary/aromatic N) is 1. The minimum Gasteiger partial charge on any atom is -0.370 e. The Morgan fingerprint density at radius 1 is 1.28 bits per heavy atom. The largest absolute Gasteiger partial charge is 0.418 e. The molecule has 1 aliphatic rings. The van der Waals surface area contributed by atoms with Gasteiger partial charge in [-0.15, -0.1) is 0 Å². The maximum atomic E-state index is 13.6. The van der Waals surface area contributed by atoms with Crippen molar-refractivity contribution >= 4 is 29.1 Å². The smallest absolute Gasteiger partial charge is 0.370 e. The number of morpholine rings is 1. The number of halogens is 3. The Labute approximate surface area is 165 Å². The average molecular weight is 416 g/mol. The number of nitrogens with one attached hydrogen (secondary N) is 2. The van der Waals surface area contributed by atoms with Gasteiger partial charge in [0.05, 0.1) is 17.9 Å². The van der Waals surface area contributed by atoms with Crippen LogP contribution in [0.3, 0.4) is 0 Å². The summed E-state index contributed by atoms with van der Waals surface area (Å²) in [5.74, 6) is -2.20. The van der Waals surface area contributed by atoms with Gasteiger partial charge in [0.2, 0.25) is 11.8 Å². The fraction of sp³-hybridized carbons (Fsp3) is 0.500. The number of hydrogen-bond acceptors (Lipinski definition) is 5. The van der Waals surface area contributed by atoms with Gasteiger partial charge in [0.1, 0.15) is 12.6 Å². The second-order valence-electron chi connectivity index (χ2n) is 6.77. The van der Waals surface area contributed by atoms with E-state index in [2.05, 4.69) is 10.6 Å². The molecular weight excluding hydrogens is 393 g/mol. The molecule has 0 spiro atoms. The van der Waals surface area contributed by atoms with Gasteiger partial charge in [0.15, 0.2) is 0 Å². The van der Waals surface area contributed by atoms with Crippen LogP contribution in [0.1, 0.15) is 19.4 Å². The highest BCUT2D eigenvalue weighted by Crippen LogP contribution is 2.37. The Balaban J connectivity index is 2.28. The van der Waals surface area contributed by atoms with Crippen LogP contribution in [-0.2, 0) is 25.3 Å². The van der Waals surface area contributed by atoms with Crippen LogP contribution in [-0.4, -0.2) is 50.1 Å². The molecule has 3 amide bonds. The molecular formula is C18H23F3N4O4. The van der Waals surface area contributed by atoms with E-state index in [1.165, 1.54) is 11.0 Å². The second-order valence-corrected chi connectivity index (χ2v) is 6.77. The fourth-order valence-corrected chi connectivity index (χ4v) is 2.62. The lowest BCUT2D eigenvalue weighted by molar-refractivity contribution is -0.137. The Morgan fingerprint density at radius 3 is 2.52 bits per heavy atom. The van der Waals surface area contributed by atoms with E-state index in [-0.39, 0.29) is 32.0 Å². The molecule has 1 heterocycles. The first kappa shape index (κ1) is 22.6. The number of hydrogen-bond donors (Lipinski definition) is 3. The zero-order chi connectivity index (χ0) is 21.8. The van der Waals surface area contributed by atoms with Gasteiger partial charge in [0, 0.05) is 24.7 Å². The molecule has 1 aromatic carbocycles. The van der Waals surface area contributed by atoms with Gasteiger partial charge in [-0.25, -0.2) is 0 Å². The summed E-state index contributed by atoms with van der Waals surface area (Å²) in [5, 5.41) is 4.56. The van der Waals surface area contributed by atoms with E-state index in [1.807, 2.05) is 0 Å². The molecule has 0 saturated carbocycles. The third-order valence-corrected chi connectivity index (χ3v) is 4.26. The first-order chi connectivity index (χ1) is 13.5. The SMILES string of the molecule is CC(C)C(=O)N[C@H](CN)C(=O)Nc1ccc(N2CCOCC2=O)cc1C(F)(F)F. The van der Waals surface area contributed by atoms with Gasteiger partial charge in [-0.1, -0.05) is 13.8 Å². The molecule has 1 atom stereocenters. The summed E-state index contributed by atoms with van der Waals surface area (Å²) >= 11 is 0. The standard InChI is InChI=1S/C18H23F3N4O4/c1-10(2)16(27)24-14(8-22)17(28)23-13-4-3-11(7-12(13)18(19,20)21)25-5-6-29-9-15(25)26/h3-4,7,10,14H,5-6,8-9,22H2,1-2H3,(H,23,28)(H,24,27)/t14-/m1/s1. The highest BCUT2D eigenvalue weighted by molar-refractivity contribution is 5.99. The molecule has 0 unspecified atom stereocenters. The molecule has 11 heteroatoms. The van der Waals surface area contributed by atoms with Gasteiger partial charge >= 0.3 is 6.18 Å². The third kappa shape index (κ3) is 5.67. The van der Waals surface area contributed by atoms with Crippen molar-refractivity contribution in [1.29, 1.82) is 0 Å². The van der Waals surface area contributed by atoms with Crippen molar-refractivity contribution in [2.75, 3.05) is 36.5 Å². The van der Waals surface area contributed by atoms with Gasteiger partial charge < -0.3 is 26.0 Å². The molecule has 160 valence electrons. The van der Waals surface area contributed by atoms with Crippen molar-refractivity contribution in [3.05, 3.63) is 23.8 Å². The Kier molecular flexibility index (Phi) is 7.20. The lowest BCUT2D eigenvalue weighted by Crippen LogP contribution is -2.49. The minimum absolute atomic E-state index is 0.0482. The van der Waals surface area contributed by atoms with Gasteiger partial charge in [-0.3, -0.25) is 14.4 Å². The molecule has 1 saturated heterocycles. The zero-order valence-corrected chi connectivity index (χ0v) is 16.0. The maximum absolute atomic E-state index is 13.6. The van der Waals surface area contributed by atoms with Crippen LogP contribution >= 0.6 is 0 Å². The summed E-state index contributed by atoms with van der Waals surface area (Å²) in [4.78, 5) is 37.2. The highest BCUT2D eigenvalue weighted by Gasteiger charge is 2.36. The van der Waals surface area contributed by atoms with Crippen molar-refractivity contribution in [3.8, 4) is 0 Å². The molecule has 0 radical (unpaired) electrons. The summed E-state index contributed by atoms with van der Waals surface area (Å²) in [6, 6.07) is 1.98. The topological polar surface area (TPSA) is 114 Å². The van der Waals surface area contributed by atoms with E-state index in [0.717, 1.165) is 12.1 Å². The fourth-order valence-electron chi connectivity index (χ4n) is 2.62. The normalized spacial score (nSPS) is 16.0. The molecule has 2 rings (SSSR count). The number of amides is 3. The van der Waals surface area contributed by atoms with Gasteiger partial charge in [-0.2, -0.15) is 13.2 Å². The Bertz CT molecular complexity index is 783. The van der Waals surface area contributed by atoms with Gasteiger partial charge in [-0.05, 0) is 18.2 Å². The van der Waals surface area contributed by atoms with Gasteiger partial charge in [0.25, 0.3) is 5.91 Å². The van der Waals surface area contributed by atoms with E-state index in [9.17, 15) is 27.6 Å². The molecule has 0 bridgehead atoms. The van der Waals surface area contributed by atoms with Crippen molar-refractivity contribution in [1.82, 2.24) is 5.32 Å². The first-order valence-electron chi connectivity index (χ1n) is 8.95. The third-order valence-electron chi connectivity index (χ3n) is 4.26. The van der Waals surface area contributed by atoms with E-state index in [1.54, 1.807) is 13.8 Å². The van der Waals surface area contributed by atoms with Crippen LogP contribution < -0.4 is 21.3 Å². The average Bonchev–Trinajstić information content (AvgIpc) is 2.65. The number of carbonyl (C=O) groups excluding carboxylic acids is 3. The zero-order valence-electron chi connectivity index (χ0n) is 16.0. The Hall–Kier alpha value is -2.66. The summed E-state index contributed by atoms with van der Waals surface area (Å²) < 4.78 is 45.7. The van der Waals surface area contributed by atoms with Crippen LogP contribution in [0.4, 0.5) is 24.5 Å². The maximum Gasteiger partial charge on any atom is 0.418 e. The quantitative estimate of drug-likeness (QED) is 0.643. The lowest BCUT2D eigenvalue weighted by atomic mass is 10.1. The number of rotatable bonds is 6. The van der Waals surface area contributed by atoms with Crippen LogP contribution in [0.25, 0.3) is 0 Å². The predicted octanol–water partition coefficient (Wildman–Crippen LogP) is 1.11. The molecule has 29 heavy (non-hydrogen) atoms. The van der Waals surface area contributed by atoms with Crippen LogP contribution in [0, 0.1) is 5.92 Å². The number of anilines is 2. The number of carbonyl (C=O) groups is 3.